The van der Waals surface area contributed by atoms with Gasteiger partial charge in [0, 0.05) is 24.0 Å². The molecule has 0 bridgehead atoms. The summed E-state index contributed by atoms with van der Waals surface area (Å²) in [6, 6.07) is 23.9. The van der Waals surface area contributed by atoms with E-state index in [1.807, 2.05) is 54.6 Å². The van der Waals surface area contributed by atoms with Gasteiger partial charge in [-0.05, 0) is 48.4 Å². The van der Waals surface area contributed by atoms with E-state index >= 15 is 0 Å². The molecule has 2 amide bonds. The normalized spacial score (nSPS) is 10.5. The average Bonchev–Trinajstić information content (AvgIpc) is 2.81. The fourth-order valence-corrected chi connectivity index (χ4v) is 3.07. The van der Waals surface area contributed by atoms with Crippen LogP contribution < -0.4 is 20.3 Å². The van der Waals surface area contributed by atoms with Gasteiger partial charge in [-0.3, -0.25) is 9.59 Å². The highest BCUT2D eigenvalue weighted by Crippen LogP contribution is 2.24. The molecule has 6 nitrogen and oxygen atoms in total. The number of benzene rings is 3. The minimum Gasteiger partial charge on any atom is -0.491 e. The van der Waals surface area contributed by atoms with Gasteiger partial charge < -0.3 is 20.3 Å². The van der Waals surface area contributed by atoms with E-state index in [1.165, 1.54) is 0 Å². The lowest BCUT2D eigenvalue weighted by molar-refractivity contribution is -0.114. The first-order valence-electron chi connectivity index (χ1n) is 10.6. The second kappa shape index (κ2) is 11.0. The number of ether oxygens (including phenoxy) is 1. The third-order valence-electron chi connectivity index (χ3n) is 4.74. The van der Waals surface area contributed by atoms with Gasteiger partial charge in [-0.25, -0.2) is 0 Å². The molecular formula is C26H29N3O3. The molecule has 0 heterocycles. The third kappa shape index (κ3) is 6.35. The first-order chi connectivity index (χ1) is 15.4. The van der Waals surface area contributed by atoms with E-state index in [0.717, 1.165) is 11.4 Å². The van der Waals surface area contributed by atoms with Gasteiger partial charge in [0.25, 0.3) is 5.91 Å². The van der Waals surface area contributed by atoms with Gasteiger partial charge >= 0.3 is 0 Å². The highest BCUT2D eigenvalue weighted by atomic mass is 16.5. The molecule has 0 aliphatic heterocycles. The van der Waals surface area contributed by atoms with Crippen molar-refractivity contribution in [2.24, 2.45) is 5.92 Å². The summed E-state index contributed by atoms with van der Waals surface area (Å²) in [6.07, 6.45) is 0. The van der Waals surface area contributed by atoms with E-state index in [0.29, 0.717) is 29.5 Å². The molecule has 0 aliphatic carbocycles. The van der Waals surface area contributed by atoms with Crippen LogP contribution in [0, 0.1) is 5.92 Å². The van der Waals surface area contributed by atoms with Crippen LogP contribution in [0.2, 0.25) is 0 Å². The molecule has 0 aromatic heterocycles. The summed E-state index contributed by atoms with van der Waals surface area (Å²) in [5.41, 5.74) is 2.62. The van der Waals surface area contributed by atoms with Crippen molar-refractivity contribution < 1.29 is 14.3 Å². The lowest BCUT2D eigenvalue weighted by atomic mass is 10.1. The van der Waals surface area contributed by atoms with Crippen molar-refractivity contribution in [1.29, 1.82) is 0 Å². The van der Waals surface area contributed by atoms with Crippen molar-refractivity contribution in [3.05, 3.63) is 84.4 Å². The van der Waals surface area contributed by atoms with Crippen LogP contribution in [0.4, 0.5) is 17.1 Å². The maximum absolute atomic E-state index is 12.8. The molecule has 2 N–H and O–H groups in total. The summed E-state index contributed by atoms with van der Waals surface area (Å²) in [5, 5.41) is 5.96. The van der Waals surface area contributed by atoms with Crippen molar-refractivity contribution in [2.75, 3.05) is 35.7 Å². The minimum absolute atomic E-state index is 0.0736. The van der Waals surface area contributed by atoms with E-state index < -0.39 is 0 Å². The van der Waals surface area contributed by atoms with Crippen LogP contribution in [0.25, 0.3) is 0 Å². The van der Waals surface area contributed by atoms with E-state index in [1.54, 1.807) is 36.2 Å². The smallest absolute Gasteiger partial charge is 0.258 e. The van der Waals surface area contributed by atoms with Gasteiger partial charge in [0.05, 0.1) is 18.8 Å². The summed E-state index contributed by atoms with van der Waals surface area (Å²) in [7, 11) is 1.73. The number of anilines is 3. The number of para-hydroxylation sites is 3. The van der Waals surface area contributed by atoms with Crippen molar-refractivity contribution in [1.82, 2.24) is 0 Å². The van der Waals surface area contributed by atoms with Crippen molar-refractivity contribution in [2.45, 2.75) is 13.8 Å². The Morgan fingerprint density at radius 3 is 2.41 bits per heavy atom. The summed E-state index contributed by atoms with van der Waals surface area (Å²) in [6.45, 7) is 4.84. The van der Waals surface area contributed by atoms with Crippen LogP contribution in [-0.4, -0.2) is 32.0 Å². The zero-order valence-corrected chi connectivity index (χ0v) is 18.7. The fourth-order valence-electron chi connectivity index (χ4n) is 3.07. The van der Waals surface area contributed by atoms with E-state index in [-0.39, 0.29) is 18.4 Å². The zero-order valence-electron chi connectivity index (χ0n) is 18.7. The Labute approximate surface area is 189 Å². The highest BCUT2D eigenvalue weighted by Gasteiger charge is 2.14. The van der Waals surface area contributed by atoms with Crippen LogP contribution >= 0.6 is 0 Å². The molecule has 0 aliphatic rings. The number of amides is 2. The van der Waals surface area contributed by atoms with Crippen molar-refractivity contribution in [3.63, 3.8) is 0 Å². The second-order valence-electron chi connectivity index (χ2n) is 7.88. The Hall–Kier alpha value is -3.80. The second-order valence-corrected chi connectivity index (χ2v) is 7.88. The number of hydrogen-bond acceptors (Lipinski definition) is 4. The molecule has 6 heteroatoms. The Balaban J connectivity index is 1.60. The standard InChI is InChI=1S/C26H29N3O3/c1-19(2)18-32-24-15-8-7-14-23(24)27-17-25(30)28-21-11-9-10-20(16-21)26(31)29(3)22-12-5-4-6-13-22/h4-16,19,27H,17-18H2,1-3H3,(H,28,30). The summed E-state index contributed by atoms with van der Waals surface area (Å²) in [4.78, 5) is 26.9. The summed E-state index contributed by atoms with van der Waals surface area (Å²) >= 11 is 0. The molecule has 166 valence electrons. The molecule has 0 atom stereocenters. The Morgan fingerprint density at radius 2 is 1.66 bits per heavy atom. The van der Waals surface area contributed by atoms with Crippen LogP contribution in [0.5, 0.6) is 5.75 Å². The van der Waals surface area contributed by atoms with Gasteiger partial charge in [0.15, 0.2) is 0 Å². The van der Waals surface area contributed by atoms with E-state index in [2.05, 4.69) is 24.5 Å². The Morgan fingerprint density at radius 1 is 0.938 bits per heavy atom. The lowest BCUT2D eigenvalue weighted by Crippen LogP contribution is -2.26. The zero-order chi connectivity index (χ0) is 22.9. The van der Waals surface area contributed by atoms with Gasteiger partial charge in [0.2, 0.25) is 5.91 Å². The maximum Gasteiger partial charge on any atom is 0.258 e. The Bertz CT molecular complexity index is 1050. The molecule has 0 radical (unpaired) electrons. The first kappa shape index (κ1) is 22.9. The predicted octanol–water partition coefficient (Wildman–Crippen LogP) is 5.05. The van der Waals surface area contributed by atoms with Crippen molar-refractivity contribution >= 4 is 28.9 Å². The van der Waals surface area contributed by atoms with Gasteiger partial charge in [0.1, 0.15) is 5.75 Å². The molecule has 0 fully saturated rings. The quantitative estimate of drug-likeness (QED) is 0.497. The summed E-state index contributed by atoms with van der Waals surface area (Å²) < 4.78 is 5.81. The van der Waals surface area contributed by atoms with Crippen molar-refractivity contribution in [3.8, 4) is 5.75 Å². The van der Waals surface area contributed by atoms with Crippen LogP contribution in [0.1, 0.15) is 24.2 Å². The molecule has 0 saturated heterocycles. The lowest BCUT2D eigenvalue weighted by Gasteiger charge is -2.18. The number of hydrogen-bond donors (Lipinski definition) is 2. The SMILES string of the molecule is CC(C)COc1ccccc1NCC(=O)Nc1cccc(C(=O)N(C)c2ccccc2)c1. The molecule has 3 aromatic carbocycles. The molecule has 0 saturated carbocycles. The molecule has 3 aromatic rings. The molecule has 3 rings (SSSR count). The molecular weight excluding hydrogens is 402 g/mol. The summed E-state index contributed by atoms with van der Waals surface area (Å²) in [5.74, 6) is 0.749. The van der Waals surface area contributed by atoms with Gasteiger partial charge in [-0.1, -0.05) is 50.2 Å². The van der Waals surface area contributed by atoms with Crippen LogP contribution in [0.3, 0.4) is 0 Å². The van der Waals surface area contributed by atoms with E-state index in [4.69, 9.17) is 4.74 Å². The fraction of sp³-hybridized carbons (Fsp3) is 0.231. The molecule has 32 heavy (non-hydrogen) atoms. The maximum atomic E-state index is 12.8. The van der Waals surface area contributed by atoms with Gasteiger partial charge in [-0.15, -0.1) is 0 Å². The topological polar surface area (TPSA) is 70.7 Å². The minimum atomic E-state index is -0.218. The number of carbonyl (C=O) groups is 2. The number of carbonyl (C=O) groups excluding carboxylic acids is 2. The largest absolute Gasteiger partial charge is 0.491 e. The Kier molecular flexibility index (Phi) is 7.86. The number of nitrogens with zero attached hydrogens (tertiary/aromatic N) is 1. The van der Waals surface area contributed by atoms with Crippen LogP contribution in [-0.2, 0) is 4.79 Å². The van der Waals surface area contributed by atoms with E-state index in [9.17, 15) is 9.59 Å². The average molecular weight is 432 g/mol. The number of nitrogens with one attached hydrogen (secondary N) is 2. The highest BCUT2D eigenvalue weighted by molar-refractivity contribution is 6.06. The van der Waals surface area contributed by atoms with Crippen LogP contribution in [0.15, 0.2) is 78.9 Å². The molecule has 0 spiro atoms. The third-order valence-corrected chi connectivity index (χ3v) is 4.74. The number of rotatable bonds is 9. The molecule has 0 unspecified atom stereocenters. The predicted molar refractivity (Wildman–Crippen MR) is 130 cm³/mol. The monoisotopic (exact) mass is 431 g/mol. The van der Waals surface area contributed by atoms with Gasteiger partial charge in [-0.2, -0.15) is 0 Å². The first-order valence-corrected chi connectivity index (χ1v) is 10.6.